The van der Waals surface area contributed by atoms with Gasteiger partial charge in [-0.15, -0.1) is 0 Å². The van der Waals surface area contributed by atoms with Gasteiger partial charge in [0.05, 0.1) is 24.9 Å². The number of rotatable bonds is 7. The molecule has 1 aliphatic carbocycles. The Labute approximate surface area is 155 Å². The second-order valence-electron chi connectivity index (χ2n) is 7.29. The summed E-state index contributed by atoms with van der Waals surface area (Å²) in [4.78, 5) is 24.2. The summed E-state index contributed by atoms with van der Waals surface area (Å²) in [6.45, 7) is 3.45. The minimum absolute atomic E-state index is 0.0104. The van der Waals surface area contributed by atoms with Gasteiger partial charge in [0.2, 0.25) is 5.91 Å². The van der Waals surface area contributed by atoms with Crippen LogP contribution in [0.2, 0.25) is 0 Å². The number of carbonyl (C=O) groups excluding carboxylic acids is 2. The lowest BCUT2D eigenvalue weighted by Crippen LogP contribution is -2.57. The fraction of sp³-hybridized carbons (Fsp3) is 0.579. The molecule has 0 unspecified atom stereocenters. The van der Waals surface area contributed by atoms with Crippen LogP contribution in [-0.2, 0) is 31.8 Å². The molecule has 27 heavy (non-hydrogen) atoms. The van der Waals surface area contributed by atoms with E-state index in [1.807, 2.05) is 0 Å². The Morgan fingerprint density at radius 2 is 2.00 bits per heavy atom. The zero-order chi connectivity index (χ0) is 19.6. The van der Waals surface area contributed by atoms with Gasteiger partial charge in [-0.05, 0) is 42.9 Å². The minimum Gasteiger partial charge on any atom is -0.468 e. The molecule has 3 rings (SSSR count). The second-order valence-corrected chi connectivity index (χ2v) is 7.29. The number of alkyl halides is 3. The van der Waals surface area contributed by atoms with Crippen molar-refractivity contribution in [3.8, 4) is 0 Å². The summed E-state index contributed by atoms with van der Waals surface area (Å²) in [5.41, 5.74) is 0.221. The smallest absolute Gasteiger partial charge is 0.416 e. The molecular weight excluding hydrogens is 363 g/mol. The van der Waals surface area contributed by atoms with Gasteiger partial charge in [-0.1, -0.05) is 12.1 Å². The maximum Gasteiger partial charge on any atom is 0.416 e. The molecule has 148 valence electrons. The van der Waals surface area contributed by atoms with Crippen molar-refractivity contribution in [1.82, 2.24) is 4.90 Å². The number of carbonyl (C=O) groups is 2. The number of halogens is 3. The van der Waals surface area contributed by atoms with E-state index in [0.717, 1.165) is 18.9 Å². The first-order valence-corrected chi connectivity index (χ1v) is 8.90. The van der Waals surface area contributed by atoms with Gasteiger partial charge in [-0.2, -0.15) is 13.2 Å². The van der Waals surface area contributed by atoms with Crippen LogP contribution in [0.15, 0.2) is 18.2 Å². The van der Waals surface area contributed by atoms with Crippen LogP contribution in [0.3, 0.4) is 0 Å². The minimum atomic E-state index is -4.35. The third-order valence-corrected chi connectivity index (χ3v) is 5.23. The average Bonchev–Trinajstić information content (AvgIpc) is 2.50. The average molecular weight is 385 g/mol. The number of aryl methyl sites for hydroxylation is 1. The first-order valence-electron chi connectivity index (χ1n) is 8.90. The summed E-state index contributed by atoms with van der Waals surface area (Å²) < 4.78 is 48.7. The Morgan fingerprint density at radius 3 is 2.59 bits per heavy atom. The molecule has 1 aromatic carbocycles. The standard InChI is InChI=1S/C19H22F3NO4/c1-12-4-13(2-3-17(12)19(20,21)22)10-27-16-7-23(8-16)18(25)15-5-14(6-15)9-26-11-24/h2-4,11,14-16H,5-10H2,1H3. The summed E-state index contributed by atoms with van der Waals surface area (Å²) in [6.07, 6.45) is -2.97. The van der Waals surface area contributed by atoms with E-state index in [2.05, 4.69) is 0 Å². The quantitative estimate of drug-likeness (QED) is 0.678. The number of hydrogen-bond acceptors (Lipinski definition) is 4. The zero-order valence-electron chi connectivity index (χ0n) is 15.0. The molecule has 1 heterocycles. The van der Waals surface area contributed by atoms with Crippen LogP contribution in [0.4, 0.5) is 13.2 Å². The van der Waals surface area contributed by atoms with Crippen LogP contribution in [0, 0.1) is 18.8 Å². The molecule has 0 aromatic heterocycles. The Kier molecular flexibility index (Phi) is 5.74. The van der Waals surface area contributed by atoms with Crippen LogP contribution in [0.1, 0.15) is 29.5 Å². The highest BCUT2D eigenvalue weighted by Crippen LogP contribution is 2.36. The largest absolute Gasteiger partial charge is 0.468 e. The molecule has 2 fully saturated rings. The van der Waals surface area contributed by atoms with Crippen LogP contribution in [-0.4, -0.2) is 43.1 Å². The Balaban J connectivity index is 1.38. The van der Waals surface area contributed by atoms with E-state index in [1.54, 1.807) is 4.90 Å². The normalized spacial score (nSPS) is 22.7. The van der Waals surface area contributed by atoms with Crippen molar-refractivity contribution in [3.05, 3.63) is 34.9 Å². The summed E-state index contributed by atoms with van der Waals surface area (Å²) in [6, 6.07) is 3.99. The molecule has 0 spiro atoms. The molecule has 1 amide bonds. The van der Waals surface area contributed by atoms with Crippen LogP contribution >= 0.6 is 0 Å². The molecule has 0 atom stereocenters. The van der Waals surface area contributed by atoms with E-state index in [4.69, 9.17) is 9.47 Å². The zero-order valence-corrected chi connectivity index (χ0v) is 15.0. The summed E-state index contributed by atoms with van der Waals surface area (Å²) >= 11 is 0. The highest BCUT2D eigenvalue weighted by atomic mass is 19.4. The van der Waals surface area contributed by atoms with Crippen LogP contribution < -0.4 is 0 Å². The molecule has 5 nitrogen and oxygen atoms in total. The third kappa shape index (κ3) is 4.61. The lowest BCUT2D eigenvalue weighted by atomic mass is 9.74. The van der Waals surface area contributed by atoms with Gasteiger partial charge in [0.1, 0.15) is 0 Å². The summed E-state index contributed by atoms with van der Waals surface area (Å²) in [7, 11) is 0. The molecule has 0 N–H and O–H groups in total. The maximum absolute atomic E-state index is 12.8. The molecule has 1 saturated heterocycles. The van der Waals surface area contributed by atoms with E-state index in [0.29, 0.717) is 31.7 Å². The molecular formula is C19H22F3NO4. The molecule has 1 saturated carbocycles. The fourth-order valence-electron chi connectivity index (χ4n) is 3.58. The van der Waals surface area contributed by atoms with E-state index in [9.17, 15) is 22.8 Å². The predicted octanol–water partition coefficient (Wildman–Crippen LogP) is 2.94. The molecule has 8 heteroatoms. The number of amides is 1. The number of likely N-dealkylation sites (tertiary alicyclic amines) is 1. The van der Waals surface area contributed by atoms with Crippen LogP contribution in [0.5, 0.6) is 0 Å². The van der Waals surface area contributed by atoms with Gasteiger partial charge < -0.3 is 14.4 Å². The van der Waals surface area contributed by atoms with Crippen molar-refractivity contribution in [2.24, 2.45) is 11.8 Å². The fourth-order valence-corrected chi connectivity index (χ4v) is 3.58. The van der Waals surface area contributed by atoms with E-state index in [1.165, 1.54) is 19.1 Å². The lowest BCUT2D eigenvalue weighted by molar-refractivity contribution is -0.155. The summed E-state index contributed by atoms with van der Waals surface area (Å²) in [5.74, 6) is 0.353. The van der Waals surface area contributed by atoms with Gasteiger partial charge in [-0.3, -0.25) is 9.59 Å². The number of nitrogens with zero attached hydrogens (tertiary/aromatic N) is 1. The second kappa shape index (κ2) is 7.88. The van der Waals surface area contributed by atoms with Crippen molar-refractivity contribution in [3.63, 3.8) is 0 Å². The Bertz CT molecular complexity index is 695. The molecule has 0 radical (unpaired) electrons. The molecule has 2 aliphatic rings. The van der Waals surface area contributed by atoms with Gasteiger partial charge in [-0.25, -0.2) is 0 Å². The molecule has 1 aromatic rings. The maximum atomic E-state index is 12.8. The van der Waals surface area contributed by atoms with E-state index >= 15 is 0 Å². The Hall–Kier alpha value is -2.09. The first-order chi connectivity index (χ1) is 12.8. The highest BCUT2D eigenvalue weighted by Gasteiger charge is 2.41. The van der Waals surface area contributed by atoms with Gasteiger partial charge >= 0.3 is 6.18 Å². The van der Waals surface area contributed by atoms with Crippen molar-refractivity contribution in [2.75, 3.05) is 19.7 Å². The third-order valence-electron chi connectivity index (χ3n) is 5.23. The van der Waals surface area contributed by atoms with Crippen molar-refractivity contribution < 1.29 is 32.2 Å². The SMILES string of the molecule is Cc1cc(COC2CN(C(=O)C3CC(COC=O)C3)C2)ccc1C(F)(F)F. The predicted molar refractivity (Wildman–Crippen MR) is 89.6 cm³/mol. The Morgan fingerprint density at radius 1 is 1.30 bits per heavy atom. The van der Waals surface area contributed by atoms with Crippen molar-refractivity contribution in [1.29, 1.82) is 0 Å². The number of benzene rings is 1. The monoisotopic (exact) mass is 385 g/mol. The van der Waals surface area contributed by atoms with E-state index < -0.39 is 11.7 Å². The number of ether oxygens (including phenoxy) is 2. The molecule has 1 aliphatic heterocycles. The number of hydrogen-bond donors (Lipinski definition) is 0. The van der Waals surface area contributed by atoms with Crippen LogP contribution in [0.25, 0.3) is 0 Å². The highest BCUT2D eigenvalue weighted by molar-refractivity contribution is 5.80. The molecule has 0 bridgehead atoms. The lowest BCUT2D eigenvalue weighted by Gasteiger charge is -2.44. The van der Waals surface area contributed by atoms with E-state index in [-0.39, 0.29) is 36.0 Å². The van der Waals surface area contributed by atoms with Gasteiger partial charge in [0.15, 0.2) is 0 Å². The van der Waals surface area contributed by atoms with Gasteiger partial charge in [0.25, 0.3) is 6.47 Å². The first kappa shape index (κ1) is 19.7. The van der Waals surface area contributed by atoms with Gasteiger partial charge in [0, 0.05) is 19.0 Å². The topological polar surface area (TPSA) is 55.8 Å². The van der Waals surface area contributed by atoms with Crippen molar-refractivity contribution >= 4 is 12.4 Å². The summed E-state index contributed by atoms with van der Waals surface area (Å²) in [5, 5.41) is 0. The van der Waals surface area contributed by atoms with Crippen molar-refractivity contribution in [2.45, 2.75) is 38.7 Å².